The second kappa shape index (κ2) is 9.68. The van der Waals surface area contributed by atoms with Gasteiger partial charge in [-0.15, -0.1) is 11.3 Å². The quantitative estimate of drug-likeness (QED) is 0.192. The van der Waals surface area contributed by atoms with Crippen molar-refractivity contribution in [1.29, 1.82) is 0 Å². The number of carbonyl (C=O) groups is 1. The Morgan fingerprint density at radius 3 is 2.39 bits per heavy atom. The summed E-state index contributed by atoms with van der Waals surface area (Å²) in [5.41, 5.74) is 2.54. The normalized spacial score (nSPS) is 31.5. The number of benzene rings is 1. The molecule has 9 heteroatoms. The molecule has 0 radical (unpaired) electrons. The van der Waals surface area contributed by atoms with Crippen molar-refractivity contribution in [3.8, 4) is 11.1 Å². The van der Waals surface area contributed by atoms with E-state index in [2.05, 4.69) is 61.2 Å². The highest BCUT2D eigenvalue weighted by atomic mass is 32.1. The van der Waals surface area contributed by atoms with Gasteiger partial charge < -0.3 is 9.42 Å². The standard InChI is InChI=1S/C37H42FN5O2S/c1-33(2,3)32-41-31(42-45-32)36-12-9-34(10-13-36,11-14-36)22-43(28(44)17-35-19-37(38,20-35)21-35)26-6-4-5-24(15-26)25-16-27-29(39-18-25)40-30(46-27)23-7-8-23/h4-6,15-16,18,23H,7-14,17,19-22H2,1-3H3. The fraction of sp³-hybridized carbons (Fsp3) is 0.595. The molecular weight excluding hydrogens is 598 g/mol. The Bertz CT molecular complexity index is 1820. The van der Waals surface area contributed by atoms with Gasteiger partial charge in [0.1, 0.15) is 5.67 Å². The molecular formula is C37H42FN5O2S. The van der Waals surface area contributed by atoms with Gasteiger partial charge in [-0.2, -0.15) is 4.98 Å². The summed E-state index contributed by atoms with van der Waals surface area (Å²) in [6, 6.07) is 10.6. The molecule has 7 fully saturated rings. The highest BCUT2D eigenvalue weighted by molar-refractivity contribution is 7.18. The summed E-state index contributed by atoms with van der Waals surface area (Å²) < 4.78 is 21.3. The largest absolute Gasteiger partial charge is 0.339 e. The van der Waals surface area contributed by atoms with Gasteiger partial charge in [0.15, 0.2) is 11.5 Å². The van der Waals surface area contributed by atoms with E-state index in [9.17, 15) is 9.18 Å². The van der Waals surface area contributed by atoms with Gasteiger partial charge in [-0.3, -0.25) is 4.79 Å². The van der Waals surface area contributed by atoms with Gasteiger partial charge in [-0.05, 0) is 105 Å². The van der Waals surface area contributed by atoms with E-state index >= 15 is 0 Å². The van der Waals surface area contributed by atoms with Crippen LogP contribution in [0.2, 0.25) is 0 Å². The van der Waals surface area contributed by atoms with E-state index in [4.69, 9.17) is 19.5 Å². The van der Waals surface area contributed by atoms with Gasteiger partial charge in [0, 0.05) is 47.2 Å². The van der Waals surface area contributed by atoms with Crippen LogP contribution >= 0.6 is 11.3 Å². The van der Waals surface area contributed by atoms with Crippen molar-refractivity contribution < 1.29 is 13.7 Å². The van der Waals surface area contributed by atoms with Crippen LogP contribution in [0, 0.1) is 10.8 Å². The van der Waals surface area contributed by atoms with E-state index in [1.165, 1.54) is 17.8 Å². The lowest BCUT2D eigenvalue weighted by atomic mass is 9.41. The number of thiazole rings is 1. The number of hydrogen-bond acceptors (Lipinski definition) is 7. The third-order valence-corrected chi connectivity index (χ3v) is 13.2. The maximum Gasteiger partial charge on any atom is 0.232 e. The fourth-order valence-electron chi connectivity index (χ4n) is 9.06. The van der Waals surface area contributed by atoms with Crippen LogP contribution < -0.4 is 4.90 Å². The molecule has 7 saturated carbocycles. The number of rotatable bonds is 8. The molecule has 1 aromatic carbocycles. The van der Waals surface area contributed by atoms with Crippen molar-refractivity contribution in [3.05, 3.63) is 53.3 Å². The zero-order chi connectivity index (χ0) is 31.5. The molecule has 0 atom stereocenters. The molecule has 0 saturated heterocycles. The van der Waals surface area contributed by atoms with E-state index in [0.29, 0.717) is 44.0 Å². The summed E-state index contributed by atoms with van der Waals surface area (Å²) in [6.45, 7) is 7.01. The van der Waals surface area contributed by atoms with E-state index in [1.807, 2.05) is 6.20 Å². The van der Waals surface area contributed by atoms with Gasteiger partial charge >= 0.3 is 0 Å². The predicted octanol–water partition coefficient (Wildman–Crippen LogP) is 8.82. The van der Waals surface area contributed by atoms with E-state index in [1.54, 1.807) is 11.3 Å². The van der Waals surface area contributed by atoms with Gasteiger partial charge in [0.2, 0.25) is 11.8 Å². The first kappa shape index (κ1) is 29.0. The Hall–Kier alpha value is -3.20. The minimum absolute atomic E-state index is 0.0353. The second-order valence-electron chi connectivity index (χ2n) is 16.7. The molecule has 3 heterocycles. The Morgan fingerprint density at radius 1 is 1.00 bits per heavy atom. The predicted molar refractivity (Wildman–Crippen MR) is 177 cm³/mol. The van der Waals surface area contributed by atoms with E-state index in [-0.39, 0.29) is 27.6 Å². The Kier molecular flexibility index (Phi) is 6.10. The van der Waals surface area contributed by atoms with Crippen molar-refractivity contribution in [2.75, 3.05) is 11.4 Å². The lowest BCUT2D eigenvalue weighted by Crippen LogP contribution is -2.65. The summed E-state index contributed by atoms with van der Waals surface area (Å²) in [5.74, 6) is 2.31. The summed E-state index contributed by atoms with van der Waals surface area (Å²) in [6.07, 6.45) is 12.5. The van der Waals surface area contributed by atoms with E-state index in [0.717, 1.165) is 71.5 Å². The first-order valence-electron chi connectivity index (χ1n) is 17.1. The number of amides is 1. The molecule has 7 nitrogen and oxygen atoms in total. The van der Waals surface area contributed by atoms with Crippen LogP contribution in [0.4, 0.5) is 10.1 Å². The molecule has 0 spiro atoms. The number of anilines is 1. The number of fused-ring (bicyclic) bond motifs is 4. The molecule has 7 aliphatic rings. The van der Waals surface area contributed by atoms with Crippen molar-refractivity contribution in [2.45, 2.75) is 120 Å². The van der Waals surface area contributed by atoms with Crippen molar-refractivity contribution in [1.82, 2.24) is 20.1 Å². The molecule has 0 N–H and O–H groups in total. The van der Waals surface area contributed by atoms with Crippen LogP contribution in [-0.4, -0.2) is 38.2 Å². The molecule has 1 amide bonds. The average molecular weight is 640 g/mol. The Labute approximate surface area is 273 Å². The molecule has 0 unspecified atom stereocenters. The second-order valence-corrected chi connectivity index (χ2v) is 17.8. The first-order valence-corrected chi connectivity index (χ1v) is 18.0. The van der Waals surface area contributed by atoms with Gasteiger partial charge in [0.05, 0.1) is 9.71 Å². The Morgan fingerprint density at radius 2 is 1.74 bits per heavy atom. The zero-order valence-electron chi connectivity index (χ0n) is 27.1. The number of pyridine rings is 1. The molecule has 4 bridgehead atoms. The maximum absolute atomic E-state index is 14.5. The van der Waals surface area contributed by atoms with Crippen molar-refractivity contribution in [3.63, 3.8) is 0 Å². The Balaban J connectivity index is 0.993. The lowest BCUT2D eigenvalue weighted by molar-refractivity contribution is -0.215. The number of carbonyl (C=O) groups excluding carboxylic acids is 1. The first-order chi connectivity index (χ1) is 21.9. The molecule has 11 rings (SSSR count). The summed E-state index contributed by atoms with van der Waals surface area (Å²) >= 11 is 1.76. The average Bonchev–Trinajstić information content (AvgIpc) is 3.56. The summed E-state index contributed by atoms with van der Waals surface area (Å²) in [5, 5.41) is 5.68. The van der Waals surface area contributed by atoms with Crippen LogP contribution in [0.25, 0.3) is 21.5 Å². The van der Waals surface area contributed by atoms with Crippen LogP contribution in [0.5, 0.6) is 0 Å². The minimum Gasteiger partial charge on any atom is -0.339 e. The fourth-order valence-corrected chi connectivity index (χ4v) is 10.2. The van der Waals surface area contributed by atoms with Gasteiger partial charge in [0.25, 0.3) is 0 Å². The zero-order valence-corrected chi connectivity index (χ0v) is 27.9. The molecule has 3 aromatic heterocycles. The number of nitrogens with zero attached hydrogens (tertiary/aromatic N) is 5. The molecule has 46 heavy (non-hydrogen) atoms. The topological polar surface area (TPSA) is 85.0 Å². The van der Waals surface area contributed by atoms with E-state index < -0.39 is 5.67 Å². The maximum atomic E-state index is 14.5. The number of hydrogen-bond donors (Lipinski definition) is 0. The van der Waals surface area contributed by atoms with Gasteiger partial charge in [-0.25, -0.2) is 14.4 Å². The number of halogens is 1. The smallest absolute Gasteiger partial charge is 0.232 e. The molecule has 240 valence electrons. The van der Waals surface area contributed by atoms with Gasteiger partial charge in [-0.1, -0.05) is 38.1 Å². The molecule has 4 aromatic rings. The highest BCUT2D eigenvalue weighted by Gasteiger charge is 2.69. The molecule has 0 aliphatic heterocycles. The van der Waals surface area contributed by atoms with Crippen LogP contribution in [0.1, 0.15) is 120 Å². The lowest BCUT2D eigenvalue weighted by Gasteiger charge is -2.66. The molecule has 7 aliphatic carbocycles. The number of aromatic nitrogens is 4. The minimum atomic E-state index is -1.01. The van der Waals surface area contributed by atoms with Crippen LogP contribution in [0.3, 0.4) is 0 Å². The van der Waals surface area contributed by atoms with Crippen molar-refractivity contribution in [2.24, 2.45) is 10.8 Å². The number of alkyl halides is 1. The van der Waals surface area contributed by atoms with Crippen molar-refractivity contribution >= 4 is 33.3 Å². The monoisotopic (exact) mass is 639 g/mol. The third-order valence-electron chi connectivity index (χ3n) is 12.0. The van der Waals surface area contributed by atoms with Crippen LogP contribution in [0.15, 0.2) is 41.1 Å². The summed E-state index contributed by atoms with van der Waals surface area (Å²) in [4.78, 5) is 30.7. The third kappa shape index (κ3) is 4.74. The SMILES string of the molecule is CC(C)(C)c1nc(C23CCC(CN(C(=O)CC45CC(F)(C4)C5)c4cccc(-c5cnc6nc(C7CC7)sc6c5)c4)(CC2)CC3)no1. The van der Waals surface area contributed by atoms with Crippen LogP contribution in [-0.2, 0) is 15.6 Å². The summed E-state index contributed by atoms with van der Waals surface area (Å²) in [7, 11) is 0. The highest BCUT2D eigenvalue weighted by Crippen LogP contribution is 2.71.